The molecule has 0 aromatic carbocycles. The van der Waals surface area contributed by atoms with Crippen LogP contribution in [0.4, 0.5) is 0 Å². The maximum atomic E-state index is 10.9. The lowest BCUT2D eigenvalue weighted by atomic mass is 9.90. The van der Waals surface area contributed by atoms with Crippen LogP contribution < -0.4 is 0 Å². The van der Waals surface area contributed by atoms with Gasteiger partial charge >= 0.3 is 0 Å². The van der Waals surface area contributed by atoms with E-state index in [0.29, 0.717) is 18.7 Å². The van der Waals surface area contributed by atoms with Crippen LogP contribution in [0.25, 0.3) is 0 Å². The second-order valence-electron chi connectivity index (χ2n) is 4.48. The first-order valence-corrected chi connectivity index (χ1v) is 6.24. The lowest BCUT2D eigenvalue weighted by Crippen LogP contribution is -2.22. The number of hydrogen-bond acceptors (Lipinski definition) is 2. The lowest BCUT2D eigenvalue weighted by Gasteiger charge is -2.23. The Balaban J connectivity index is 2.87. The van der Waals surface area contributed by atoms with E-state index in [2.05, 4.69) is 28.7 Å². The van der Waals surface area contributed by atoms with Crippen molar-refractivity contribution in [1.29, 1.82) is 5.26 Å². The molecule has 0 N–H and O–H groups in total. The number of nitriles is 1. The van der Waals surface area contributed by atoms with Crippen LogP contribution >= 0.6 is 34.2 Å². The van der Waals surface area contributed by atoms with Gasteiger partial charge in [0.25, 0.3) is 0 Å². The quantitative estimate of drug-likeness (QED) is 0.618. The third-order valence-corrected chi connectivity index (χ3v) is 2.92. The Bertz CT molecular complexity index is 445. The third kappa shape index (κ3) is 3.80. The highest BCUT2D eigenvalue weighted by Crippen LogP contribution is 2.25. The number of carbonyl (C=O) groups is 1. The van der Waals surface area contributed by atoms with Gasteiger partial charge in [0.2, 0.25) is 5.24 Å². The summed E-state index contributed by atoms with van der Waals surface area (Å²) in [5.74, 6) is 0. The standard InChI is InChI=1S/C11H12ClIN2O/c1-11(2,4-10(12)16)7-15-6-8(13)3-9(15)5-14/h3,6H,4,7H2,1-2H3. The first-order chi connectivity index (χ1) is 7.34. The van der Waals surface area contributed by atoms with E-state index < -0.39 is 0 Å². The number of halogens is 2. The minimum absolute atomic E-state index is 0.244. The van der Waals surface area contributed by atoms with Crippen LogP contribution in [0, 0.1) is 20.3 Å². The van der Waals surface area contributed by atoms with Crippen molar-refractivity contribution in [3.05, 3.63) is 21.5 Å². The highest BCUT2D eigenvalue weighted by molar-refractivity contribution is 14.1. The largest absolute Gasteiger partial charge is 0.338 e. The van der Waals surface area contributed by atoms with Crippen LogP contribution in [-0.2, 0) is 11.3 Å². The van der Waals surface area contributed by atoms with Crippen molar-refractivity contribution in [1.82, 2.24) is 4.57 Å². The summed E-state index contributed by atoms with van der Waals surface area (Å²) in [6.07, 6.45) is 2.20. The fourth-order valence-electron chi connectivity index (χ4n) is 1.59. The molecular weight excluding hydrogens is 338 g/mol. The van der Waals surface area contributed by atoms with Crippen molar-refractivity contribution in [2.45, 2.75) is 26.8 Å². The number of aromatic nitrogens is 1. The molecule has 3 nitrogen and oxygen atoms in total. The van der Waals surface area contributed by atoms with Gasteiger partial charge < -0.3 is 4.57 Å². The highest BCUT2D eigenvalue weighted by Gasteiger charge is 2.22. The smallest absolute Gasteiger partial charge is 0.222 e. The first-order valence-electron chi connectivity index (χ1n) is 4.78. The van der Waals surface area contributed by atoms with E-state index in [9.17, 15) is 4.79 Å². The molecule has 1 aromatic rings. The fraction of sp³-hybridized carbons (Fsp3) is 0.455. The summed E-state index contributed by atoms with van der Waals surface area (Å²) in [7, 11) is 0. The molecule has 0 fully saturated rings. The summed E-state index contributed by atoms with van der Waals surface area (Å²) in [5.41, 5.74) is 0.367. The molecule has 0 bridgehead atoms. The molecular formula is C11H12ClIN2O. The zero-order valence-electron chi connectivity index (χ0n) is 9.13. The number of nitrogens with zero attached hydrogens (tertiary/aromatic N) is 2. The molecule has 0 atom stereocenters. The number of rotatable bonds is 4. The van der Waals surface area contributed by atoms with Gasteiger partial charge in [0.15, 0.2) is 0 Å². The third-order valence-electron chi connectivity index (χ3n) is 2.19. The Hall–Kier alpha value is -0.540. The van der Waals surface area contributed by atoms with Crippen molar-refractivity contribution in [3.8, 4) is 6.07 Å². The van der Waals surface area contributed by atoms with Crippen LogP contribution in [-0.4, -0.2) is 9.81 Å². The van der Waals surface area contributed by atoms with Crippen LogP contribution in [0.3, 0.4) is 0 Å². The van der Waals surface area contributed by atoms with Crippen LogP contribution in [0.2, 0.25) is 0 Å². The molecule has 1 aromatic heterocycles. The summed E-state index contributed by atoms with van der Waals surface area (Å²) in [6, 6.07) is 3.95. The second kappa shape index (κ2) is 5.19. The monoisotopic (exact) mass is 350 g/mol. The average molecular weight is 351 g/mol. The zero-order chi connectivity index (χ0) is 12.3. The Morgan fingerprint density at radius 3 is 2.81 bits per heavy atom. The van der Waals surface area contributed by atoms with Crippen molar-refractivity contribution in [2.24, 2.45) is 5.41 Å². The molecule has 0 aliphatic heterocycles. The Labute approximate surface area is 114 Å². The SMILES string of the molecule is CC(C)(CC(=O)Cl)Cn1cc(I)cc1C#N. The van der Waals surface area contributed by atoms with Crippen molar-refractivity contribution < 1.29 is 4.79 Å². The van der Waals surface area contributed by atoms with Crippen molar-refractivity contribution in [2.75, 3.05) is 0 Å². The van der Waals surface area contributed by atoms with Crippen LogP contribution in [0.5, 0.6) is 0 Å². The minimum atomic E-state index is -0.342. The summed E-state index contributed by atoms with van der Waals surface area (Å²) >= 11 is 7.55. The summed E-state index contributed by atoms with van der Waals surface area (Å²) < 4.78 is 2.88. The molecule has 1 heterocycles. The highest BCUT2D eigenvalue weighted by atomic mass is 127. The van der Waals surface area contributed by atoms with E-state index in [0.717, 1.165) is 3.57 Å². The van der Waals surface area contributed by atoms with E-state index in [-0.39, 0.29) is 10.7 Å². The molecule has 86 valence electrons. The lowest BCUT2D eigenvalue weighted by molar-refractivity contribution is -0.113. The number of hydrogen-bond donors (Lipinski definition) is 0. The molecule has 0 saturated carbocycles. The molecule has 0 radical (unpaired) electrons. The molecule has 5 heteroatoms. The minimum Gasteiger partial charge on any atom is -0.338 e. The molecule has 0 saturated heterocycles. The van der Waals surface area contributed by atoms with Gasteiger partial charge in [0, 0.05) is 22.7 Å². The predicted molar refractivity (Wildman–Crippen MR) is 71.1 cm³/mol. The van der Waals surface area contributed by atoms with Gasteiger partial charge in [-0.05, 0) is 45.7 Å². The normalized spacial score (nSPS) is 11.2. The van der Waals surface area contributed by atoms with E-state index in [1.807, 2.05) is 30.7 Å². The topological polar surface area (TPSA) is 45.8 Å². The molecule has 16 heavy (non-hydrogen) atoms. The van der Waals surface area contributed by atoms with Crippen molar-refractivity contribution in [3.63, 3.8) is 0 Å². The molecule has 0 unspecified atom stereocenters. The maximum Gasteiger partial charge on any atom is 0.222 e. The molecule has 0 amide bonds. The van der Waals surface area contributed by atoms with Crippen LogP contribution in [0.1, 0.15) is 26.0 Å². The van der Waals surface area contributed by atoms with Gasteiger partial charge in [-0.25, -0.2) is 0 Å². The van der Waals surface area contributed by atoms with E-state index in [1.54, 1.807) is 0 Å². The second-order valence-corrected chi connectivity index (χ2v) is 6.15. The van der Waals surface area contributed by atoms with Gasteiger partial charge in [-0.15, -0.1) is 0 Å². The Morgan fingerprint density at radius 1 is 1.69 bits per heavy atom. The van der Waals surface area contributed by atoms with Crippen LogP contribution in [0.15, 0.2) is 12.3 Å². The number of carbonyl (C=O) groups excluding carboxylic acids is 1. The summed E-state index contributed by atoms with van der Waals surface area (Å²) in [5, 5.41) is 8.60. The van der Waals surface area contributed by atoms with Gasteiger partial charge in [-0.2, -0.15) is 5.26 Å². The fourth-order valence-corrected chi connectivity index (χ4v) is 2.58. The molecule has 0 aliphatic carbocycles. The first kappa shape index (κ1) is 13.5. The van der Waals surface area contributed by atoms with Gasteiger partial charge in [0.05, 0.1) is 0 Å². The zero-order valence-corrected chi connectivity index (χ0v) is 12.0. The van der Waals surface area contributed by atoms with E-state index >= 15 is 0 Å². The average Bonchev–Trinajstić information content (AvgIpc) is 2.42. The van der Waals surface area contributed by atoms with E-state index in [1.165, 1.54) is 0 Å². The molecule has 1 rings (SSSR count). The molecule has 0 aliphatic rings. The maximum absolute atomic E-state index is 10.9. The van der Waals surface area contributed by atoms with Gasteiger partial charge in [0.1, 0.15) is 11.8 Å². The summed E-state index contributed by atoms with van der Waals surface area (Å²) in [6.45, 7) is 4.53. The molecule has 0 spiro atoms. The van der Waals surface area contributed by atoms with E-state index in [4.69, 9.17) is 16.9 Å². The Kier molecular flexibility index (Phi) is 4.39. The van der Waals surface area contributed by atoms with Gasteiger partial charge in [-0.3, -0.25) is 4.79 Å². The predicted octanol–water partition coefficient (Wildman–Crippen LogP) is 3.15. The Morgan fingerprint density at radius 2 is 2.31 bits per heavy atom. The summed E-state index contributed by atoms with van der Waals surface area (Å²) in [4.78, 5) is 10.9. The van der Waals surface area contributed by atoms with Crippen molar-refractivity contribution >= 4 is 39.4 Å². The van der Waals surface area contributed by atoms with Gasteiger partial charge in [-0.1, -0.05) is 13.8 Å².